The van der Waals surface area contributed by atoms with E-state index in [0.717, 1.165) is 47.2 Å². The standard InChI is InChI=1S/C31H36ClN3O2S/c1-31(2,18-21-10-11-22-7-4-5-8-23(22)15-21)33-19-29(36)28-9-6-14-35(28)20-25-16-24-17-26(38(3)37)12-13-27(24)34-30(25)32/h4-5,7-8,10-13,15-17,28-29,33,36H,6,9,14,18-20H2,1-3H3. The van der Waals surface area contributed by atoms with Crippen molar-refractivity contribution in [3.8, 4) is 0 Å². The number of aromatic nitrogens is 1. The van der Waals surface area contributed by atoms with Crippen LogP contribution in [-0.4, -0.2) is 56.2 Å². The molecule has 0 spiro atoms. The van der Waals surface area contributed by atoms with Crippen LogP contribution < -0.4 is 5.32 Å². The number of β-amino-alcohol motifs (C(OH)–C–C–N with tert-alkyl or cyclic N) is 1. The average molecular weight is 550 g/mol. The third kappa shape index (κ3) is 6.27. The zero-order valence-electron chi connectivity index (χ0n) is 22.3. The molecule has 1 aliphatic rings. The van der Waals surface area contributed by atoms with Crippen LogP contribution in [0.5, 0.6) is 0 Å². The van der Waals surface area contributed by atoms with Crippen LogP contribution in [0.3, 0.4) is 0 Å². The van der Waals surface area contributed by atoms with Crippen LogP contribution in [0, 0.1) is 0 Å². The normalized spacial score (nSPS) is 18.3. The number of rotatable bonds is 9. The maximum atomic E-state index is 11.9. The van der Waals surface area contributed by atoms with Gasteiger partial charge in [-0.2, -0.15) is 0 Å². The number of nitrogens with zero attached hydrogens (tertiary/aromatic N) is 2. The molecule has 2 N–H and O–H groups in total. The second-order valence-electron chi connectivity index (χ2n) is 11.1. The van der Waals surface area contributed by atoms with E-state index in [9.17, 15) is 9.32 Å². The van der Waals surface area contributed by atoms with Crippen molar-refractivity contribution in [3.05, 3.63) is 83.0 Å². The predicted molar refractivity (Wildman–Crippen MR) is 158 cm³/mol. The van der Waals surface area contributed by atoms with Gasteiger partial charge in [-0.15, -0.1) is 0 Å². The Morgan fingerprint density at radius 2 is 1.89 bits per heavy atom. The van der Waals surface area contributed by atoms with Crippen LogP contribution in [-0.2, 0) is 23.8 Å². The van der Waals surface area contributed by atoms with Crippen molar-refractivity contribution < 1.29 is 9.32 Å². The molecule has 1 fully saturated rings. The van der Waals surface area contributed by atoms with E-state index in [1.807, 2.05) is 24.3 Å². The molecule has 1 aliphatic heterocycles. The number of aliphatic hydroxyl groups is 1. The van der Waals surface area contributed by atoms with Crippen molar-refractivity contribution in [1.82, 2.24) is 15.2 Å². The van der Waals surface area contributed by atoms with E-state index in [-0.39, 0.29) is 11.6 Å². The van der Waals surface area contributed by atoms with Crippen molar-refractivity contribution >= 4 is 44.1 Å². The summed E-state index contributed by atoms with van der Waals surface area (Å²) in [5, 5.41) is 18.8. The van der Waals surface area contributed by atoms with Gasteiger partial charge in [0.25, 0.3) is 0 Å². The van der Waals surface area contributed by atoms with E-state index in [0.29, 0.717) is 18.2 Å². The van der Waals surface area contributed by atoms with Crippen molar-refractivity contribution in [2.75, 3.05) is 19.3 Å². The molecule has 3 atom stereocenters. The molecule has 38 heavy (non-hydrogen) atoms. The fourth-order valence-corrected chi connectivity index (χ4v) is 6.36. The molecule has 2 heterocycles. The SMILES string of the molecule is CS(=O)c1ccc2nc(Cl)c(CN3CCCC3C(O)CNC(C)(C)Cc3ccc4ccccc4c3)cc2c1. The van der Waals surface area contributed by atoms with Crippen molar-refractivity contribution in [2.45, 2.75) is 62.2 Å². The van der Waals surface area contributed by atoms with Gasteiger partial charge in [-0.05, 0) is 80.3 Å². The second-order valence-corrected chi connectivity index (χ2v) is 12.9. The molecule has 4 aromatic rings. The molecule has 1 aromatic heterocycles. The Morgan fingerprint density at radius 3 is 2.68 bits per heavy atom. The maximum absolute atomic E-state index is 11.9. The highest BCUT2D eigenvalue weighted by Gasteiger charge is 2.32. The number of nitrogens with one attached hydrogen (secondary N) is 1. The van der Waals surface area contributed by atoms with Gasteiger partial charge in [0.05, 0.1) is 11.6 Å². The van der Waals surface area contributed by atoms with Crippen LogP contribution in [0.15, 0.2) is 71.6 Å². The predicted octanol–water partition coefficient (Wildman–Crippen LogP) is 5.72. The molecule has 1 saturated heterocycles. The summed E-state index contributed by atoms with van der Waals surface area (Å²) in [4.78, 5) is 7.68. The number of hydrogen-bond acceptors (Lipinski definition) is 5. The van der Waals surface area contributed by atoms with E-state index >= 15 is 0 Å². The van der Waals surface area contributed by atoms with E-state index < -0.39 is 16.9 Å². The molecule has 0 aliphatic carbocycles. The summed E-state index contributed by atoms with van der Waals surface area (Å²) >= 11 is 6.57. The molecule has 3 unspecified atom stereocenters. The Kier molecular flexibility index (Phi) is 8.17. The summed E-state index contributed by atoms with van der Waals surface area (Å²) in [5.41, 5.74) is 2.85. The van der Waals surface area contributed by atoms with Crippen LogP contribution >= 0.6 is 11.6 Å². The van der Waals surface area contributed by atoms with Crippen molar-refractivity contribution in [2.24, 2.45) is 0 Å². The average Bonchev–Trinajstić information content (AvgIpc) is 3.35. The molecule has 0 radical (unpaired) electrons. The molecule has 0 amide bonds. The lowest BCUT2D eigenvalue weighted by Crippen LogP contribution is -2.50. The lowest BCUT2D eigenvalue weighted by Gasteiger charge is -2.33. The van der Waals surface area contributed by atoms with Crippen LogP contribution in [0.4, 0.5) is 0 Å². The highest BCUT2D eigenvalue weighted by Crippen LogP contribution is 2.28. The van der Waals surface area contributed by atoms with Crippen molar-refractivity contribution in [1.29, 1.82) is 0 Å². The minimum Gasteiger partial charge on any atom is -0.390 e. The third-order valence-corrected chi connectivity index (χ3v) is 8.87. The maximum Gasteiger partial charge on any atom is 0.134 e. The Hall–Kier alpha value is -2.35. The summed E-state index contributed by atoms with van der Waals surface area (Å²) in [6, 6.07) is 22.8. The highest BCUT2D eigenvalue weighted by molar-refractivity contribution is 7.84. The first-order valence-corrected chi connectivity index (χ1v) is 15.2. The minimum atomic E-state index is -1.05. The topological polar surface area (TPSA) is 65.5 Å². The van der Waals surface area contributed by atoms with Gasteiger partial charge >= 0.3 is 0 Å². The van der Waals surface area contributed by atoms with E-state index in [4.69, 9.17) is 11.6 Å². The van der Waals surface area contributed by atoms with Gasteiger partial charge in [-0.3, -0.25) is 9.11 Å². The van der Waals surface area contributed by atoms with Gasteiger partial charge in [0.15, 0.2) is 0 Å². The van der Waals surface area contributed by atoms with Crippen LogP contribution in [0.2, 0.25) is 5.15 Å². The first-order chi connectivity index (χ1) is 18.2. The summed E-state index contributed by atoms with van der Waals surface area (Å²) in [6.07, 6.45) is 4.06. The smallest absolute Gasteiger partial charge is 0.134 e. The molecule has 7 heteroatoms. The third-order valence-electron chi connectivity index (χ3n) is 7.63. The Morgan fingerprint density at radius 1 is 1.11 bits per heavy atom. The fourth-order valence-electron chi connectivity index (χ4n) is 5.61. The molecule has 3 aromatic carbocycles. The fraction of sp³-hybridized carbons (Fsp3) is 0.387. The Balaban J connectivity index is 1.23. The number of pyridine rings is 1. The summed E-state index contributed by atoms with van der Waals surface area (Å²) in [6.45, 7) is 6.45. The van der Waals surface area contributed by atoms with Crippen molar-refractivity contribution in [3.63, 3.8) is 0 Å². The zero-order chi connectivity index (χ0) is 26.9. The summed E-state index contributed by atoms with van der Waals surface area (Å²) in [5.74, 6) is 0. The van der Waals surface area contributed by atoms with E-state index in [2.05, 4.69) is 71.5 Å². The number of aliphatic hydroxyl groups excluding tert-OH is 1. The number of likely N-dealkylation sites (tertiary alicyclic amines) is 1. The van der Waals surface area contributed by atoms with Gasteiger partial charge < -0.3 is 10.4 Å². The summed E-state index contributed by atoms with van der Waals surface area (Å²) < 4.78 is 11.9. The van der Waals surface area contributed by atoms with Crippen LogP contribution in [0.1, 0.15) is 37.8 Å². The lowest BCUT2D eigenvalue weighted by atomic mass is 9.93. The first-order valence-electron chi connectivity index (χ1n) is 13.3. The van der Waals surface area contributed by atoms with Gasteiger partial charge in [0.1, 0.15) is 5.15 Å². The molecule has 200 valence electrons. The summed E-state index contributed by atoms with van der Waals surface area (Å²) in [7, 11) is -1.05. The molecule has 5 nitrogen and oxygen atoms in total. The first kappa shape index (κ1) is 27.2. The van der Waals surface area contributed by atoms with E-state index in [1.54, 1.807) is 6.26 Å². The van der Waals surface area contributed by atoms with E-state index in [1.165, 1.54) is 16.3 Å². The minimum absolute atomic E-state index is 0.0558. The Bertz CT molecular complexity index is 1470. The Labute approximate surface area is 232 Å². The quantitative estimate of drug-likeness (QED) is 0.262. The number of halogens is 1. The second kappa shape index (κ2) is 11.4. The zero-order valence-corrected chi connectivity index (χ0v) is 23.9. The molecule has 0 bridgehead atoms. The number of hydrogen-bond donors (Lipinski definition) is 2. The number of benzene rings is 3. The van der Waals surface area contributed by atoms with Gasteiger partial charge in [-0.25, -0.2) is 4.98 Å². The van der Waals surface area contributed by atoms with Gasteiger partial charge in [-0.1, -0.05) is 54.1 Å². The largest absolute Gasteiger partial charge is 0.390 e. The molecule has 5 rings (SSSR count). The van der Waals surface area contributed by atoms with Gasteiger partial charge in [0.2, 0.25) is 0 Å². The molecular formula is C31H36ClN3O2S. The lowest BCUT2D eigenvalue weighted by molar-refractivity contribution is 0.0633. The number of fused-ring (bicyclic) bond motifs is 2. The van der Waals surface area contributed by atoms with Gasteiger partial charge in [0, 0.05) is 57.6 Å². The monoisotopic (exact) mass is 549 g/mol. The molecular weight excluding hydrogens is 514 g/mol. The molecule has 0 saturated carbocycles. The highest BCUT2D eigenvalue weighted by atomic mass is 35.5. The van der Waals surface area contributed by atoms with Crippen LogP contribution in [0.25, 0.3) is 21.7 Å².